The fourth-order valence-electron chi connectivity index (χ4n) is 3.91. The topological polar surface area (TPSA) is 74.0 Å². The summed E-state index contributed by atoms with van der Waals surface area (Å²) < 4.78 is 5.49. The average molecular weight is 411 g/mol. The van der Waals surface area contributed by atoms with Gasteiger partial charge in [0.1, 0.15) is 5.76 Å². The molecule has 0 radical (unpaired) electrons. The maximum Gasteiger partial charge on any atom is 0.290 e. The van der Waals surface area contributed by atoms with Gasteiger partial charge in [0.25, 0.3) is 5.91 Å². The van der Waals surface area contributed by atoms with Gasteiger partial charge in [0.05, 0.1) is 11.6 Å². The minimum Gasteiger partial charge on any atom is -0.503 e. The van der Waals surface area contributed by atoms with Crippen LogP contribution in [0.25, 0.3) is 0 Å². The lowest BCUT2D eigenvalue weighted by Crippen LogP contribution is -2.34. The predicted molar refractivity (Wildman–Crippen MR) is 115 cm³/mol. The summed E-state index contributed by atoms with van der Waals surface area (Å²) in [6.07, 6.45) is 0.754. The van der Waals surface area contributed by atoms with Gasteiger partial charge < -0.3 is 19.3 Å². The molecular formula is C24H30N2O4. The van der Waals surface area contributed by atoms with Crippen molar-refractivity contribution in [1.82, 2.24) is 9.80 Å². The van der Waals surface area contributed by atoms with Crippen LogP contribution in [-0.2, 0) is 4.79 Å². The highest BCUT2D eigenvalue weighted by Crippen LogP contribution is 2.39. The zero-order chi connectivity index (χ0) is 21.8. The number of amides is 1. The Labute approximate surface area is 177 Å². The van der Waals surface area contributed by atoms with Gasteiger partial charge in [-0.05, 0) is 57.6 Å². The van der Waals surface area contributed by atoms with Gasteiger partial charge in [-0.15, -0.1) is 0 Å². The number of carbonyl (C=O) groups excluding carboxylic acids is 2. The molecule has 0 aliphatic carbocycles. The maximum atomic E-state index is 13.2. The third kappa shape index (κ3) is 4.33. The van der Waals surface area contributed by atoms with E-state index < -0.39 is 23.5 Å². The average Bonchev–Trinajstić information content (AvgIpc) is 3.28. The summed E-state index contributed by atoms with van der Waals surface area (Å²) >= 11 is 0. The third-order valence-corrected chi connectivity index (χ3v) is 5.67. The van der Waals surface area contributed by atoms with Crippen molar-refractivity contribution in [3.63, 3.8) is 0 Å². The van der Waals surface area contributed by atoms with Crippen LogP contribution in [0.5, 0.6) is 0 Å². The first-order valence-electron chi connectivity index (χ1n) is 10.5. The van der Waals surface area contributed by atoms with Crippen molar-refractivity contribution in [3.05, 3.63) is 70.4 Å². The Morgan fingerprint density at radius 2 is 1.77 bits per heavy atom. The second-order valence-corrected chi connectivity index (χ2v) is 7.69. The molecule has 3 rings (SSSR count). The van der Waals surface area contributed by atoms with E-state index in [1.54, 1.807) is 24.0 Å². The molecule has 0 saturated carbocycles. The van der Waals surface area contributed by atoms with Crippen LogP contribution >= 0.6 is 0 Å². The van der Waals surface area contributed by atoms with E-state index in [0.29, 0.717) is 12.3 Å². The molecular weight excluding hydrogens is 380 g/mol. The Morgan fingerprint density at radius 3 is 2.33 bits per heavy atom. The highest BCUT2D eigenvalue weighted by Gasteiger charge is 2.44. The maximum absolute atomic E-state index is 13.2. The highest BCUT2D eigenvalue weighted by atomic mass is 16.3. The molecule has 1 aliphatic heterocycles. The van der Waals surface area contributed by atoms with E-state index >= 15 is 0 Å². The second kappa shape index (κ2) is 9.30. The second-order valence-electron chi connectivity index (χ2n) is 7.69. The van der Waals surface area contributed by atoms with Gasteiger partial charge in [0.2, 0.25) is 5.78 Å². The lowest BCUT2D eigenvalue weighted by molar-refractivity contribution is -0.129. The fourth-order valence-corrected chi connectivity index (χ4v) is 3.91. The van der Waals surface area contributed by atoms with Crippen LogP contribution < -0.4 is 0 Å². The minimum atomic E-state index is -0.632. The standard InChI is InChI=1S/C24H30N2O4/c1-5-25(6-2)14-7-15-26-21(18-11-8-16(3)9-12-18)20(23(28)24(26)29)22(27)19-13-10-17(4)30-19/h8-13,21,28H,5-7,14-15H2,1-4H3/t21-/m0/s1. The normalized spacial score (nSPS) is 16.8. The number of carbonyl (C=O) groups is 2. The molecule has 0 unspecified atom stereocenters. The molecule has 0 saturated heterocycles. The molecule has 2 heterocycles. The Hall–Kier alpha value is -2.86. The van der Waals surface area contributed by atoms with Crippen LogP contribution in [0.2, 0.25) is 0 Å². The number of aryl methyl sites for hydroxylation is 2. The van der Waals surface area contributed by atoms with E-state index in [4.69, 9.17) is 4.42 Å². The molecule has 6 heteroatoms. The Bertz CT molecular complexity index is 938. The quantitative estimate of drug-likeness (QED) is 0.627. The van der Waals surface area contributed by atoms with Crippen molar-refractivity contribution in [2.24, 2.45) is 0 Å². The molecule has 2 aromatic rings. The molecule has 1 N–H and O–H groups in total. The summed E-state index contributed by atoms with van der Waals surface area (Å²) in [6, 6.07) is 10.4. The van der Waals surface area contributed by atoms with Gasteiger partial charge in [0, 0.05) is 6.54 Å². The number of rotatable bonds is 9. The minimum absolute atomic E-state index is 0.0843. The van der Waals surface area contributed by atoms with Crippen molar-refractivity contribution >= 4 is 11.7 Å². The molecule has 0 bridgehead atoms. The SMILES string of the molecule is CCN(CC)CCCN1C(=O)C(O)=C(C(=O)c2ccc(C)o2)[C@@H]1c1ccc(C)cc1. The number of hydrogen-bond acceptors (Lipinski definition) is 5. The third-order valence-electron chi connectivity index (χ3n) is 5.67. The van der Waals surface area contributed by atoms with Gasteiger partial charge in [-0.25, -0.2) is 0 Å². The fraction of sp³-hybridized carbons (Fsp3) is 0.417. The number of ketones is 1. The van der Waals surface area contributed by atoms with Crippen LogP contribution in [0.15, 0.2) is 52.1 Å². The molecule has 1 aromatic heterocycles. The van der Waals surface area contributed by atoms with E-state index in [9.17, 15) is 14.7 Å². The van der Waals surface area contributed by atoms with Crippen molar-refractivity contribution in [2.45, 2.75) is 40.2 Å². The molecule has 1 amide bonds. The number of furan rings is 1. The van der Waals surface area contributed by atoms with Gasteiger partial charge in [-0.3, -0.25) is 9.59 Å². The monoisotopic (exact) mass is 410 g/mol. The Balaban J connectivity index is 1.94. The summed E-state index contributed by atoms with van der Waals surface area (Å²) in [5.74, 6) is -0.713. The first-order chi connectivity index (χ1) is 14.4. The van der Waals surface area contributed by atoms with Crippen molar-refractivity contribution in [3.8, 4) is 0 Å². The number of aliphatic hydroxyl groups excluding tert-OH is 1. The summed E-state index contributed by atoms with van der Waals surface area (Å²) in [5, 5.41) is 10.7. The van der Waals surface area contributed by atoms with Gasteiger partial charge in [-0.1, -0.05) is 43.7 Å². The van der Waals surface area contributed by atoms with E-state index in [-0.39, 0.29) is 11.3 Å². The van der Waals surface area contributed by atoms with Crippen molar-refractivity contribution in [2.75, 3.05) is 26.2 Å². The smallest absolute Gasteiger partial charge is 0.290 e. The molecule has 0 spiro atoms. The van der Waals surface area contributed by atoms with Crippen molar-refractivity contribution in [1.29, 1.82) is 0 Å². The van der Waals surface area contributed by atoms with E-state index in [2.05, 4.69) is 18.7 Å². The predicted octanol–water partition coefficient (Wildman–Crippen LogP) is 4.21. The zero-order valence-corrected chi connectivity index (χ0v) is 18.1. The summed E-state index contributed by atoms with van der Waals surface area (Å²) in [6.45, 7) is 11.1. The summed E-state index contributed by atoms with van der Waals surface area (Å²) in [5.41, 5.74) is 1.97. The zero-order valence-electron chi connectivity index (χ0n) is 18.1. The molecule has 160 valence electrons. The number of benzene rings is 1. The summed E-state index contributed by atoms with van der Waals surface area (Å²) in [4.78, 5) is 30.0. The molecule has 1 atom stereocenters. The molecule has 0 fully saturated rings. The van der Waals surface area contributed by atoms with Crippen molar-refractivity contribution < 1.29 is 19.1 Å². The van der Waals surface area contributed by atoms with Crippen LogP contribution in [0, 0.1) is 13.8 Å². The van der Waals surface area contributed by atoms with Crippen LogP contribution in [-0.4, -0.2) is 52.8 Å². The first kappa shape index (κ1) is 21.8. The van der Waals surface area contributed by atoms with Gasteiger partial charge >= 0.3 is 0 Å². The number of nitrogens with zero attached hydrogens (tertiary/aromatic N) is 2. The van der Waals surface area contributed by atoms with Gasteiger partial charge in [-0.2, -0.15) is 0 Å². The molecule has 1 aliphatic rings. The number of hydrogen-bond donors (Lipinski definition) is 1. The highest BCUT2D eigenvalue weighted by molar-refractivity contribution is 6.15. The van der Waals surface area contributed by atoms with E-state index in [1.807, 2.05) is 31.2 Å². The largest absolute Gasteiger partial charge is 0.503 e. The lowest BCUT2D eigenvalue weighted by Gasteiger charge is -2.28. The van der Waals surface area contributed by atoms with Gasteiger partial charge in [0.15, 0.2) is 11.5 Å². The summed E-state index contributed by atoms with van der Waals surface area (Å²) in [7, 11) is 0. The first-order valence-corrected chi connectivity index (χ1v) is 10.5. The molecule has 6 nitrogen and oxygen atoms in total. The van der Waals surface area contributed by atoms with Crippen LogP contribution in [0.3, 0.4) is 0 Å². The number of aliphatic hydroxyl groups is 1. The Kier molecular flexibility index (Phi) is 6.77. The molecule has 1 aromatic carbocycles. The van der Waals surface area contributed by atoms with E-state index in [0.717, 1.165) is 37.2 Å². The lowest BCUT2D eigenvalue weighted by atomic mass is 9.94. The van der Waals surface area contributed by atoms with E-state index in [1.165, 1.54) is 0 Å². The number of Topliss-reactive ketones (excluding diaryl/α,β-unsaturated/α-hetero) is 1. The Morgan fingerprint density at radius 1 is 1.10 bits per heavy atom. The van der Waals surface area contributed by atoms with Crippen LogP contribution in [0.4, 0.5) is 0 Å². The van der Waals surface area contributed by atoms with Crippen LogP contribution in [0.1, 0.15) is 53.8 Å². The molecule has 30 heavy (non-hydrogen) atoms.